The number of carboxylic acids is 1. The summed E-state index contributed by atoms with van der Waals surface area (Å²) in [5, 5.41) is 8.87. The lowest BCUT2D eigenvalue weighted by Crippen LogP contribution is -2.10. The lowest BCUT2D eigenvalue weighted by molar-refractivity contribution is 0.0690. The van der Waals surface area contributed by atoms with E-state index in [9.17, 15) is 9.18 Å². The van der Waals surface area contributed by atoms with E-state index in [0.717, 1.165) is 12.5 Å². The summed E-state index contributed by atoms with van der Waals surface area (Å²) in [6.45, 7) is 4.46. The van der Waals surface area contributed by atoms with Crippen LogP contribution in [0.4, 0.5) is 4.39 Å². The Morgan fingerprint density at radius 2 is 2.25 bits per heavy atom. The first-order valence-corrected chi connectivity index (χ1v) is 5.20. The summed E-state index contributed by atoms with van der Waals surface area (Å²) in [6, 6.07) is 3.51. The highest BCUT2D eigenvalue weighted by atomic mass is 19.1. The number of carboxylic acid groups (broad SMARTS) is 1. The molecule has 1 unspecified atom stereocenters. The lowest BCUT2D eigenvalue weighted by Gasteiger charge is -2.12. The molecule has 1 rings (SSSR count). The number of carbonyl (C=O) groups is 1. The largest absolute Gasteiger partial charge is 0.492 e. The molecule has 88 valence electrons. The molecule has 0 radical (unpaired) electrons. The van der Waals surface area contributed by atoms with E-state index in [1.165, 1.54) is 12.1 Å². The highest BCUT2D eigenvalue weighted by Crippen LogP contribution is 2.20. The zero-order valence-electron chi connectivity index (χ0n) is 9.37. The fourth-order valence-corrected chi connectivity index (χ4v) is 1.15. The van der Waals surface area contributed by atoms with Crippen LogP contribution in [0.1, 0.15) is 30.6 Å². The maximum Gasteiger partial charge on any atom is 0.339 e. The van der Waals surface area contributed by atoms with Crippen molar-refractivity contribution in [2.45, 2.75) is 20.3 Å². The van der Waals surface area contributed by atoms with Crippen molar-refractivity contribution in [1.29, 1.82) is 0 Å². The van der Waals surface area contributed by atoms with Gasteiger partial charge in [0.15, 0.2) is 0 Å². The molecule has 0 aromatic heterocycles. The second-order valence-electron chi connectivity index (χ2n) is 3.77. The first kappa shape index (κ1) is 12.5. The minimum absolute atomic E-state index is 0.136. The number of ether oxygens (including phenoxy) is 1. The van der Waals surface area contributed by atoms with Gasteiger partial charge in [-0.25, -0.2) is 9.18 Å². The van der Waals surface area contributed by atoms with Gasteiger partial charge in [-0.3, -0.25) is 0 Å². The Morgan fingerprint density at radius 1 is 1.56 bits per heavy atom. The van der Waals surface area contributed by atoms with Gasteiger partial charge in [-0.2, -0.15) is 0 Å². The topological polar surface area (TPSA) is 46.5 Å². The van der Waals surface area contributed by atoms with Gasteiger partial charge in [-0.1, -0.05) is 20.3 Å². The van der Waals surface area contributed by atoms with Gasteiger partial charge in [-0.05, 0) is 24.1 Å². The van der Waals surface area contributed by atoms with E-state index in [1.54, 1.807) is 0 Å². The number of hydrogen-bond acceptors (Lipinski definition) is 2. The van der Waals surface area contributed by atoms with E-state index in [4.69, 9.17) is 9.84 Å². The maximum atomic E-state index is 12.9. The molecule has 0 saturated heterocycles. The SMILES string of the molecule is CCC(C)COc1ccc(F)cc1C(=O)O. The summed E-state index contributed by atoms with van der Waals surface area (Å²) < 4.78 is 18.2. The molecule has 4 heteroatoms. The second kappa shape index (κ2) is 5.49. The third-order valence-corrected chi connectivity index (χ3v) is 2.39. The molecule has 0 spiro atoms. The van der Waals surface area contributed by atoms with Crippen LogP contribution in [-0.2, 0) is 0 Å². The predicted octanol–water partition coefficient (Wildman–Crippen LogP) is 2.95. The van der Waals surface area contributed by atoms with Gasteiger partial charge in [0, 0.05) is 0 Å². The normalized spacial score (nSPS) is 12.2. The third kappa shape index (κ3) is 3.22. The van der Waals surface area contributed by atoms with E-state index in [1.807, 2.05) is 13.8 Å². The minimum Gasteiger partial charge on any atom is -0.492 e. The quantitative estimate of drug-likeness (QED) is 0.839. The van der Waals surface area contributed by atoms with Gasteiger partial charge < -0.3 is 9.84 Å². The van der Waals surface area contributed by atoms with Crippen LogP contribution in [0.25, 0.3) is 0 Å². The molecule has 16 heavy (non-hydrogen) atoms. The molecule has 0 amide bonds. The maximum absolute atomic E-state index is 12.9. The Balaban J connectivity index is 2.82. The summed E-state index contributed by atoms with van der Waals surface area (Å²) in [5.41, 5.74) is -0.136. The summed E-state index contributed by atoms with van der Waals surface area (Å²) in [7, 11) is 0. The van der Waals surface area contributed by atoms with Crippen LogP contribution in [0.15, 0.2) is 18.2 Å². The van der Waals surface area contributed by atoms with Gasteiger partial charge in [-0.15, -0.1) is 0 Å². The third-order valence-electron chi connectivity index (χ3n) is 2.39. The molecular formula is C12H15FO3. The van der Waals surface area contributed by atoms with E-state index >= 15 is 0 Å². The first-order valence-electron chi connectivity index (χ1n) is 5.20. The Hall–Kier alpha value is -1.58. The average Bonchev–Trinajstić information content (AvgIpc) is 2.26. The number of rotatable bonds is 5. The van der Waals surface area contributed by atoms with Gasteiger partial charge in [0.25, 0.3) is 0 Å². The van der Waals surface area contributed by atoms with Crippen LogP contribution in [-0.4, -0.2) is 17.7 Å². The number of hydrogen-bond donors (Lipinski definition) is 1. The molecule has 3 nitrogen and oxygen atoms in total. The van der Waals surface area contributed by atoms with E-state index < -0.39 is 11.8 Å². The summed E-state index contributed by atoms with van der Waals surface area (Å²) in [5.74, 6) is -1.20. The number of benzene rings is 1. The van der Waals surface area contributed by atoms with Gasteiger partial charge in [0.1, 0.15) is 17.1 Å². The molecule has 0 aliphatic heterocycles. The van der Waals surface area contributed by atoms with Crippen LogP contribution in [0.5, 0.6) is 5.75 Å². The highest BCUT2D eigenvalue weighted by Gasteiger charge is 2.13. The van der Waals surface area contributed by atoms with Crippen molar-refractivity contribution in [3.8, 4) is 5.75 Å². The molecule has 0 bridgehead atoms. The first-order chi connectivity index (χ1) is 7.54. The van der Waals surface area contributed by atoms with E-state index in [-0.39, 0.29) is 11.3 Å². The molecule has 1 aromatic carbocycles. The minimum atomic E-state index is -1.18. The Morgan fingerprint density at radius 3 is 2.81 bits per heavy atom. The van der Waals surface area contributed by atoms with Gasteiger partial charge in [0.05, 0.1) is 6.61 Å². The van der Waals surface area contributed by atoms with Crippen LogP contribution in [0.3, 0.4) is 0 Å². The predicted molar refractivity (Wildman–Crippen MR) is 58.3 cm³/mol. The van der Waals surface area contributed by atoms with E-state index in [0.29, 0.717) is 12.5 Å². The summed E-state index contributed by atoms with van der Waals surface area (Å²) in [4.78, 5) is 10.8. The molecule has 1 aromatic rings. The Kier molecular flexibility index (Phi) is 4.28. The fourth-order valence-electron chi connectivity index (χ4n) is 1.15. The molecular weight excluding hydrogens is 211 g/mol. The van der Waals surface area contributed by atoms with Crippen molar-refractivity contribution in [2.24, 2.45) is 5.92 Å². The average molecular weight is 226 g/mol. The van der Waals surface area contributed by atoms with Crippen molar-refractivity contribution in [3.05, 3.63) is 29.6 Å². The van der Waals surface area contributed by atoms with E-state index in [2.05, 4.69) is 0 Å². The summed E-state index contributed by atoms with van der Waals surface area (Å²) >= 11 is 0. The molecule has 1 atom stereocenters. The summed E-state index contributed by atoms with van der Waals surface area (Å²) in [6.07, 6.45) is 0.948. The molecule has 0 fully saturated rings. The van der Waals surface area contributed by atoms with Crippen molar-refractivity contribution in [3.63, 3.8) is 0 Å². The lowest BCUT2D eigenvalue weighted by atomic mass is 10.1. The smallest absolute Gasteiger partial charge is 0.339 e. The molecule has 0 aliphatic rings. The molecule has 0 aliphatic carbocycles. The second-order valence-corrected chi connectivity index (χ2v) is 3.77. The fraction of sp³-hybridized carbons (Fsp3) is 0.417. The van der Waals surface area contributed by atoms with Crippen LogP contribution in [0, 0.1) is 11.7 Å². The highest BCUT2D eigenvalue weighted by molar-refractivity contribution is 5.90. The van der Waals surface area contributed by atoms with Crippen molar-refractivity contribution in [1.82, 2.24) is 0 Å². The van der Waals surface area contributed by atoms with Gasteiger partial charge >= 0.3 is 5.97 Å². The monoisotopic (exact) mass is 226 g/mol. The van der Waals surface area contributed by atoms with Crippen LogP contribution < -0.4 is 4.74 Å². The zero-order valence-corrected chi connectivity index (χ0v) is 9.37. The van der Waals surface area contributed by atoms with Crippen molar-refractivity contribution < 1.29 is 19.0 Å². The van der Waals surface area contributed by atoms with Gasteiger partial charge in [0.2, 0.25) is 0 Å². The molecule has 0 saturated carbocycles. The number of aromatic carboxylic acids is 1. The molecule has 0 heterocycles. The molecule has 1 N–H and O–H groups in total. The Bertz CT molecular complexity index is 377. The van der Waals surface area contributed by atoms with Crippen LogP contribution >= 0.6 is 0 Å². The van der Waals surface area contributed by atoms with Crippen LogP contribution in [0.2, 0.25) is 0 Å². The zero-order chi connectivity index (χ0) is 12.1. The standard InChI is InChI=1S/C12H15FO3/c1-3-8(2)7-16-11-5-4-9(13)6-10(11)12(14)15/h4-6,8H,3,7H2,1-2H3,(H,14,15). The Labute approximate surface area is 93.9 Å². The number of halogens is 1. The van der Waals surface area contributed by atoms with Crippen molar-refractivity contribution >= 4 is 5.97 Å². The van der Waals surface area contributed by atoms with Crippen molar-refractivity contribution in [2.75, 3.05) is 6.61 Å².